The SMILES string of the molecule is Cc1cc(C[C@H](C)NC(=O)C2(Oc3cccnc3C)CCNCC2)n[nH]1. The Morgan fingerprint density at radius 2 is 2.15 bits per heavy atom. The van der Waals surface area contributed by atoms with Crippen LogP contribution in [0.2, 0.25) is 0 Å². The van der Waals surface area contributed by atoms with E-state index < -0.39 is 5.60 Å². The summed E-state index contributed by atoms with van der Waals surface area (Å²) in [5, 5.41) is 13.6. The zero-order valence-electron chi connectivity index (χ0n) is 15.6. The second-order valence-electron chi connectivity index (χ2n) is 7.05. The van der Waals surface area contributed by atoms with Crippen molar-refractivity contribution in [3.8, 4) is 5.75 Å². The standard InChI is InChI=1S/C19H27N5O2/c1-13(11-16-12-14(2)23-24-16)22-18(25)19(6-9-20-10-7-19)26-17-5-4-8-21-15(17)3/h4-5,8,12-13,20H,6-7,9-11H2,1-3H3,(H,22,25)(H,23,24)/t13-/m0/s1. The fourth-order valence-electron chi connectivity index (χ4n) is 3.29. The predicted molar refractivity (Wildman–Crippen MR) is 99.1 cm³/mol. The van der Waals surface area contributed by atoms with Crippen LogP contribution in [-0.4, -0.2) is 45.8 Å². The molecule has 0 unspecified atom stereocenters. The maximum absolute atomic E-state index is 13.1. The van der Waals surface area contributed by atoms with E-state index in [-0.39, 0.29) is 11.9 Å². The third-order valence-electron chi connectivity index (χ3n) is 4.74. The summed E-state index contributed by atoms with van der Waals surface area (Å²) in [6, 6.07) is 5.67. The van der Waals surface area contributed by atoms with Crippen LogP contribution in [0.4, 0.5) is 0 Å². The van der Waals surface area contributed by atoms with Gasteiger partial charge in [0.1, 0.15) is 5.75 Å². The molecule has 2 aromatic heterocycles. The molecule has 3 N–H and O–H groups in total. The lowest BCUT2D eigenvalue weighted by Crippen LogP contribution is -2.58. The molecular formula is C19H27N5O2. The third-order valence-corrected chi connectivity index (χ3v) is 4.74. The van der Waals surface area contributed by atoms with Crippen LogP contribution >= 0.6 is 0 Å². The number of amides is 1. The number of rotatable bonds is 6. The lowest BCUT2D eigenvalue weighted by Gasteiger charge is -2.37. The molecule has 1 saturated heterocycles. The minimum Gasteiger partial charge on any atom is -0.475 e. The van der Waals surface area contributed by atoms with E-state index >= 15 is 0 Å². The van der Waals surface area contributed by atoms with E-state index in [0.29, 0.717) is 25.0 Å². The summed E-state index contributed by atoms with van der Waals surface area (Å²) < 4.78 is 6.25. The molecule has 1 aliphatic rings. The van der Waals surface area contributed by atoms with Gasteiger partial charge in [-0.25, -0.2) is 0 Å². The number of carbonyl (C=O) groups excluding carboxylic acids is 1. The quantitative estimate of drug-likeness (QED) is 0.731. The average molecular weight is 357 g/mol. The van der Waals surface area contributed by atoms with Gasteiger partial charge in [-0.05, 0) is 52.1 Å². The Balaban J connectivity index is 1.72. The van der Waals surface area contributed by atoms with E-state index in [1.54, 1.807) is 6.20 Å². The van der Waals surface area contributed by atoms with Crippen molar-refractivity contribution in [2.24, 2.45) is 0 Å². The van der Waals surface area contributed by atoms with Crippen LogP contribution in [-0.2, 0) is 11.2 Å². The lowest BCUT2D eigenvalue weighted by atomic mass is 9.90. The molecule has 0 aliphatic carbocycles. The molecule has 140 valence electrons. The van der Waals surface area contributed by atoms with E-state index in [9.17, 15) is 4.79 Å². The summed E-state index contributed by atoms with van der Waals surface area (Å²) in [6.07, 6.45) is 3.66. The molecule has 7 heteroatoms. The van der Waals surface area contributed by atoms with Crippen molar-refractivity contribution in [1.82, 2.24) is 25.8 Å². The van der Waals surface area contributed by atoms with E-state index in [0.717, 1.165) is 30.2 Å². The number of piperidine rings is 1. The number of nitrogens with zero attached hydrogens (tertiary/aromatic N) is 2. The first-order valence-electron chi connectivity index (χ1n) is 9.12. The highest BCUT2D eigenvalue weighted by Crippen LogP contribution is 2.28. The topological polar surface area (TPSA) is 91.9 Å². The monoisotopic (exact) mass is 357 g/mol. The Hall–Kier alpha value is -2.41. The second-order valence-corrected chi connectivity index (χ2v) is 7.05. The summed E-state index contributed by atoms with van der Waals surface area (Å²) in [6.45, 7) is 7.35. The second kappa shape index (κ2) is 7.86. The van der Waals surface area contributed by atoms with Crippen LogP contribution in [0.15, 0.2) is 24.4 Å². The normalized spacial score (nSPS) is 17.5. The van der Waals surface area contributed by atoms with Crippen LogP contribution in [0.3, 0.4) is 0 Å². The van der Waals surface area contributed by atoms with Gasteiger partial charge < -0.3 is 15.4 Å². The summed E-state index contributed by atoms with van der Waals surface area (Å²) in [4.78, 5) is 17.4. The largest absolute Gasteiger partial charge is 0.475 e. The average Bonchev–Trinajstić information content (AvgIpc) is 3.02. The Labute approximate surface area is 153 Å². The minimum absolute atomic E-state index is 0.0319. The molecule has 7 nitrogen and oxygen atoms in total. The molecule has 0 radical (unpaired) electrons. The fourth-order valence-corrected chi connectivity index (χ4v) is 3.29. The van der Waals surface area contributed by atoms with Gasteiger partial charge >= 0.3 is 0 Å². The molecule has 1 fully saturated rings. The molecule has 0 saturated carbocycles. The number of hydrogen-bond acceptors (Lipinski definition) is 5. The molecular weight excluding hydrogens is 330 g/mol. The zero-order valence-corrected chi connectivity index (χ0v) is 15.6. The fraction of sp³-hybridized carbons (Fsp3) is 0.526. The highest BCUT2D eigenvalue weighted by molar-refractivity contribution is 5.86. The maximum atomic E-state index is 13.1. The predicted octanol–water partition coefficient (Wildman–Crippen LogP) is 1.67. The van der Waals surface area contributed by atoms with Crippen LogP contribution < -0.4 is 15.4 Å². The Morgan fingerprint density at radius 3 is 2.81 bits per heavy atom. The molecule has 0 spiro atoms. The van der Waals surface area contributed by atoms with Crippen molar-refractivity contribution < 1.29 is 9.53 Å². The number of aryl methyl sites for hydroxylation is 2. The van der Waals surface area contributed by atoms with Gasteiger partial charge in [0.25, 0.3) is 5.91 Å². The Kier molecular flexibility index (Phi) is 5.56. The summed E-state index contributed by atoms with van der Waals surface area (Å²) in [5.74, 6) is 0.599. The van der Waals surface area contributed by atoms with Crippen molar-refractivity contribution in [3.63, 3.8) is 0 Å². The van der Waals surface area contributed by atoms with Gasteiger partial charge in [0.2, 0.25) is 0 Å². The molecule has 0 aromatic carbocycles. The van der Waals surface area contributed by atoms with Gasteiger partial charge in [0.15, 0.2) is 5.60 Å². The summed E-state index contributed by atoms with van der Waals surface area (Å²) in [5.41, 5.74) is 1.88. The molecule has 1 atom stereocenters. The number of aromatic nitrogens is 3. The minimum atomic E-state index is -0.866. The highest BCUT2D eigenvalue weighted by Gasteiger charge is 2.42. The molecule has 3 heterocycles. The van der Waals surface area contributed by atoms with Crippen LogP contribution in [0.1, 0.15) is 36.8 Å². The van der Waals surface area contributed by atoms with E-state index in [1.807, 2.05) is 39.0 Å². The van der Waals surface area contributed by atoms with E-state index in [4.69, 9.17) is 4.74 Å². The van der Waals surface area contributed by atoms with Gasteiger partial charge in [-0.15, -0.1) is 0 Å². The first-order chi connectivity index (χ1) is 12.5. The molecule has 2 aromatic rings. The highest BCUT2D eigenvalue weighted by atomic mass is 16.5. The van der Waals surface area contributed by atoms with Crippen LogP contribution in [0.5, 0.6) is 5.75 Å². The molecule has 26 heavy (non-hydrogen) atoms. The summed E-state index contributed by atoms with van der Waals surface area (Å²) >= 11 is 0. The van der Waals surface area contributed by atoms with E-state index in [2.05, 4.69) is 25.8 Å². The first kappa shape index (κ1) is 18.4. The molecule has 0 bridgehead atoms. The van der Waals surface area contributed by atoms with Crippen LogP contribution in [0.25, 0.3) is 0 Å². The van der Waals surface area contributed by atoms with Gasteiger partial charge in [-0.1, -0.05) is 0 Å². The number of pyridine rings is 1. The van der Waals surface area contributed by atoms with Gasteiger partial charge in [0.05, 0.1) is 11.4 Å². The maximum Gasteiger partial charge on any atom is 0.264 e. The Bertz CT molecular complexity index is 752. The smallest absolute Gasteiger partial charge is 0.264 e. The molecule has 1 amide bonds. The third kappa shape index (κ3) is 4.22. The number of aromatic amines is 1. The van der Waals surface area contributed by atoms with Crippen molar-refractivity contribution in [2.75, 3.05) is 13.1 Å². The summed E-state index contributed by atoms with van der Waals surface area (Å²) in [7, 11) is 0. The number of H-pyrrole nitrogens is 1. The number of nitrogens with one attached hydrogen (secondary N) is 3. The van der Waals surface area contributed by atoms with Gasteiger partial charge in [-0.3, -0.25) is 14.9 Å². The van der Waals surface area contributed by atoms with Crippen molar-refractivity contribution >= 4 is 5.91 Å². The number of hydrogen-bond donors (Lipinski definition) is 3. The molecule has 3 rings (SSSR count). The first-order valence-corrected chi connectivity index (χ1v) is 9.12. The number of carbonyl (C=O) groups is 1. The Morgan fingerprint density at radius 1 is 1.38 bits per heavy atom. The zero-order chi connectivity index (χ0) is 18.6. The van der Waals surface area contributed by atoms with Gasteiger partial charge in [0, 0.05) is 37.2 Å². The van der Waals surface area contributed by atoms with Crippen LogP contribution in [0, 0.1) is 13.8 Å². The lowest BCUT2D eigenvalue weighted by molar-refractivity contribution is -0.140. The molecule has 1 aliphatic heterocycles. The van der Waals surface area contributed by atoms with Gasteiger partial charge in [-0.2, -0.15) is 5.10 Å². The van der Waals surface area contributed by atoms with Crippen molar-refractivity contribution in [1.29, 1.82) is 0 Å². The van der Waals surface area contributed by atoms with Crippen molar-refractivity contribution in [2.45, 2.75) is 51.7 Å². The van der Waals surface area contributed by atoms with E-state index in [1.165, 1.54) is 0 Å². The van der Waals surface area contributed by atoms with Crippen molar-refractivity contribution in [3.05, 3.63) is 41.5 Å². The number of ether oxygens (including phenoxy) is 1.